The van der Waals surface area contributed by atoms with Gasteiger partial charge in [-0.3, -0.25) is 4.79 Å². The van der Waals surface area contributed by atoms with Crippen molar-refractivity contribution in [3.05, 3.63) is 36.0 Å². The van der Waals surface area contributed by atoms with Crippen LogP contribution in [0.4, 0.5) is 0 Å². The Morgan fingerprint density at radius 1 is 1.15 bits per heavy atom. The summed E-state index contributed by atoms with van der Waals surface area (Å²) < 4.78 is 10.2. The Labute approximate surface area is 150 Å². The van der Waals surface area contributed by atoms with Gasteiger partial charge < -0.3 is 34.9 Å². The molecule has 142 valence electrons. The molecule has 8 heteroatoms. The summed E-state index contributed by atoms with van der Waals surface area (Å²) in [6.45, 7) is -0.570. The number of H-pyrrole nitrogens is 1. The molecule has 1 saturated heterocycles. The van der Waals surface area contributed by atoms with E-state index in [0.29, 0.717) is 12.8 Å². The quantitative estimate of drug-likeness (QED) is 0.449. The fourth-order valence-electron chi connectivity index (χ4n) is 3.11. The minimum Gasteiger partial charge on any atom is -0.433 e. The van der Waals surface area contributed by atoms with Crippen molar-refractivity contribution in [2.45, 2.75) is 50.0 Å². The van der Waals surface area contributed by atoms with E-state index in [9.17, 15) is 20.1 Å². The Bertz CT molecular complexity index is 744. The molecule has 8 nitrogen and oxygen atoms in total. The van der Waals surface area contributed by atoms with Crippen molar-refractivity contribution in [3.63, 3.8) is 0 Å². The number of aliphatic hydroxyl groups excluding tert-OH is 4. The highest BCUT2D eigenvalue weighted by molar-refractivity contribution is 5.83. The number of aliphatic hydroxyl groups is 4. The van der Waals surface area contributed by atoms with E-state index in [1.165, 1.54) is 0 Å². The van der Waals surface area contributed by atoms with Crippen molar-refractivity contribution in [3.8, 4) is 0 Å². The molecule has 0 aliphatic carbocycles. The number of fused-ring (bicyclic) bond motifs is 1. The number of nitrogens with one attached hydrogen (secondary N) is 1. The number of aryl methyl sites for hydroxylation is 1. The van der Waals surface area contributed by atoms with Crippen LogP contribution in [0.2, 0.25) is 0 Å². The van der Waals surface area contributed by atoms with E-state index in [-0.39, 0.29) is 6.42 Å². The highest BCUT2D eigenvalue weighted by Crippen LogP contribution is 2.23. The number of benzene rings is 1. The van der Waals surface area contributed by atoms with E-state index in [1.54, 1.807) is 0 Å². The zero-order chi connectivity index (χ0) is 18.7. The van der Waals surface area contributed by atoms with Gasteiger partial charge in [-0.1, -0.05) is 18.2 Å². The van der Waals surface area contributed by atoms with Crippen molar-refractivity contribution in [1.29, 1.82) is 0 Å². The van der Waals surface area contributed by atoms with Gasteiger partial charge in [-0.05, 0) is 24.5 Å². The minimum absolute atomic E-state index is 0.106. The molecular formula is C18H23NO7. The molecule has 0 saturated carbocycles. The normalized spacial score (nSPS) is 29.0. The predicted octanol–water partition coefficient (Wildman–Crippen LogP) is -0.166. The second-order valence-electron chi connectivity index (χ2n) is 6.40. The molecule has 0 bridgehead atoms. The zero-order valence-electron chi connectivity index (χ0n) is 14.1. The Balaban J connectivity index is 1.51. The third-order valence-corrected chi connectivity index (χ3v) is 4.60. The van der Waals surface area contributed by atoms with Gasteiger partial charge in [-0.15, -0.1) is 0 Å². The summed E-state index contributed by atoms with van der Waals surface area (Å²) in [5.74, 6) is -0.589. The lowest BCUT2D eigenvalue weighted by molar-refractivity contribution is -0.292. The van der Waals surface area contributed by atoms with Crippen LogP contribution in [0.15, 0.2) is 30.5 Å². The number of rotatable bonds is 6. The molecule has 1 aromatic heterocycles. The molecule has 26 heavy (non-hydrogen) atoms. The summed E-state index contributed by atoms with van der Waals surface area (Å²) >= 11 is 0. The number of carbonyl (C=O) groups is 1. The van der Waals surface area contributed by atoms with Gasteiger partial charge in [0.25, 0.3) is 0 Å². The molecule has 1 fully saturated rings. The molecule has 2 aromatic rings. The van der Waals surface area contributed by atoms with Crippen LogP contribution < -0.4 is 0 Å². The van der Waals surface area contributed by atoms with E-state index in [2.05, 4.69) is 4.98 Å². The smallest absolute Gasteiger partial charge is 0.308 e. The number of aromatic nitrogens is 1. The number of para-hydroxylation sites is 1. The first kappa shape index (κ1) is 18.8. The minimum atomic E-state index is -1.58. The van der Waals surface area contributed by atoms with E-state index < -0.39 is 43.3 Å². The fraction of sp³-hybridized carbons (Fsp3) is 0.500. The summed E-state index contributed by atoms with van der Waals surface area (Å²) in [5.41, 5.74) is 2.13. The molecule has 0 radical (unpaired) electrons. The first-order chi connectivity index (χ1) is 12.5. The lowest BCUT2D eigenvalue weighted by Crippen LogP contribution is -2.59. The summed E-state index contributed by atoms with van der Waals surface area (Å²) in [7, 11) is 0. The molecular weight excluding hydrogens is 342 g/mol. The number of hydrogen-bond acceptors (Lipinski definition) is 7. The van der Waals surface area contributed by atoms with Crippen molar-refractivity contribution in [1.82, 2.24) is 4.98 Å². The monoisotopic (exact) mass is 365 g/mol. The van der Waals surface area contributed by atoms with Gasteiger partial charge in [0.05, 0.1) is 6.61 Å². The number of ether oxygens (including phenoxy) is 2. The van der Waals surface area contributed by atoms with Crippen LogP contribution in [-0.4, -0.2) is 68.7 Å². The molecule has 0 unspecified atom stereocenters. The van der Waals surface area contributed by atoms with Crippen LogP contribution in [0.1, 0.15) is 18.4 Å². The molecule has 1 aromatic carbocycles. The SMILES string of the molecule is O=C(CCCc1c[nH]c2ccccc12)O[C@H]1O[C@H](CO)[C@H](O)[C@H](O)[C@H]1O. The summed E-state index contributed by atoms with van der Waals surface area (Å²) in [6.07, 6.45) is -3.92. The van der Waals surface area contributed by atoms with Crippen molar-refractivity contribution < 1.29 is 34.7 Å². The Morgan fingerprint density at radius 2 is 1.92 bits per heavy atom. The van der Waals surface area contributed by atoms with Crippen molar-refractivity contribution >= 4 is 16.9 Å². The fourth-order valence-corrected chi connectivity index (χ4v) is 3.11. The topological polar surface area (TPSA) is 132 Å². The van der Waals surface area contributed by atoms with Gasteiger partial charge in [0.1, 0.15) is 24.4 Å². The standard InChI is InChI=1S/C18H23NO7/c20-9-13-15(22)16(23)17(24)18(25-13)26-14(21)7-3-4-10-8-19-12-6-2-1-5-11(10)12/h1-2,5-6,8,13,15-20,22-24H,3-4,7,9H2/t13-,15+,16+,17-,18-/m1/s1. The highest BCUT2D eigenvalue weighted by Gasteiger charge is 2.45. The van der Waals surface area contributed by atoms with Crippen LogP contribution in [0, 0.1) is 0 Å². The van der Waals surface area contributed by atoms with Crippen LogP contribution in [0.3, 0.4) is 0 Å². The second kappa shape index (κ2) is 8.15. The Morgan fingerprint density at radius 3 is 2.69 bits per heavy atom. The van der Waals surface area contributed by atoms with Crippen LogP contribution >= 0.6 is 0 Å². The Hall–Kier alpha value is -1.97. The molecule has 1 aliphatic heterocycles. The maximum atomic E-state index is 12.0. The highest BCUT2D eigenvalue weighted by atomic mass is 16.7. The van der Waals surface area contributed by atoms with E-state index in [4.69, 9.17) is 14.6 Å². The van der Waals surface area contributed by atoms with Gasteiger partial charge >= 0.3 is 5.97 Å². The van der Waals surface area contributed by atoms with Gasteiger partial charge in [-0.25, -0.2) is 0 Å². The average Bonchev–Trinajstić information content (AvgIpc) is 3.05. The third-order valence-electron chi connectivity index (χ3n) is 4.60. The number of aromatic amines is 1. The lowest BCUT2D eigenvalue weighted by atomic mass is 9.99. The predicted molar refractivity (Wildman–Crippen MR) is 91.1 cm³/mol. The van der Waals surface area contributed by atoms with E-state index in [0.717, 1.165) is 16.5 Å². The largest absolute Gasteiger partial charge is 0.433 e. The number of hydrogen-bond donors (Lipinski definition) is 5. The first-order valence-electron chi connectivity index (χ1n) is 8.56. The average molecular weight is 365 g/mol. The van der Waals surface area contributed by atoms with Crippen molar-refractivity contribution in [2.75, 3.05) is 6.61 Å². The number of carbonyl (C=O) groups excluding carboxylic acids is 1. The van der Waals surface area contributed by atoms with Crippen LogP contribution in [-0.2, 0) is 20.7 Å². The molecule has 5 N–H and O–H groups in total. The van der Waals surface area contributed by atoms with Crippen LogP contribution in [0.5, 0.6) is 0 Å². The molecule has 5 atom stereocenters. The first-order valence-corrected chi connectivity index (χ1v) is 8.56. The lowest BCUT2D eigenvalue weighted by Gasteiger charge is -2.39. The molecule has 0 spiro atoms. The summed E-state index contributed by atoms with van der Waals surface area (Å²) in [5, 5.41) is 39.5. The maximum Gasteiger partial charge on any atom is 0.308 e. The summed E-state index contributed by atoms with van der Waals surface area (Å²) in [6, 6.07) is 7.88. The molecule has 2 heterocycles. The Kier molecular flexibility index (Phi) is 5.90. The summed E-state index contributed by atoms with van der Waals surface area (Å²) in [4.78, 5) is 15.2. The second-order valence-corrected chi connectivity index (χ2v) is 6.40. The van der Waals surface area contributed by atoms with E-state index >= 15 is 0 Å². The molecule has 1 aliphatic rings. The van der Waals surface area contributed by atoms with Gasteiger partial charge in [-0.2, -0.15) is 0 Å². The van der Waals surface area contributed by atoms with Gasteiger partial charge in [0, 0.05) is 23.5 Å². The van der Waals surface area contributed by atoms with Gasteiger partial charge in [0.15, 0.2) is 0 Å². The van der Waals surface area contributed by atoms with Crippen molar-refractivity contribution in [2.24, 2.45) is 0 Å². The number of esters is 1. The molecule has 0 amide bonds. The van der Waals surface area contributed by atoms with Gasteiger partial charge in [0.2, 0.25) is 6.29 Å². The maximum absolute atomic E-state index is 12.0. The van der Waals surface area contributed by atoms with E-state index in [1.807, 2.05) is 30.5 Å². The van der Waals surface area contributed by atoms with Crippen LogP contribution in [0.25, 0.3) is 10.9 Å². The third kappa shape index (κ3) is 3.89. The molecule has 3 rings (SSSR count). The zero-order valence-corrected chi connectivity index (χ0v) is 14.1.